The van der Waals surface area contributed by atoms with Gasteiger partial charge in [0.25, 0.3) is 0 Å². The molecule has 0 amide bonds. The van der Waals surface area contributed by atoms with Gasteiger partial charge in [0.1, 0.15) is 0 Å². The topological polar surface area (TPSA) is 0 Å². The van der Waals surface area contributed by atoms with Gasteiger partial charge < -0.3 is 13.8 Å². The zero-order valence-corrected chi connectivity index (χ0v) is 33.4. The third-order valence-electron chi connectivity index (χ3n) is 9.99. The van der Waals surface area contributed by atoms with E-state index in [-0.39, 0.29) is 63.5 Å². The van der Waals surface area contributed by atoms with Gasteiger partial charge in [-0.05, 0) is 68.8 Å². The van der Waals surface area contributed by atoms with Gasteiger partial charge in [0.15, 0.2) is 0 Å². The van der Waals surface area contributed by atoms with Crippen LogP contribution in [0.1, 0.15) is 60.8 Å². The minimum atomic E-state index is 0. The first-order chi connectivity index (χ1) is 23.0. The number of hydrogen-bond donors (Lipinski definition) is 0. The summed E-state index contributed by atoms with van der Waals surface area (Å²) in [6.07, 6.45) is 7.62. The quantitative estimate of drug-likeness (QED) is 0.124. The largest absolute Gasteiger partial charge is 0.332 e. The Labute approximate surface area is 333 Å². The molecule has 6 aromatic rings. The molecular formula is C46H42Sc2Si-2. The van der Waals surface area contributed by atoms with E-state index in [9.17, 15) is 0 Å². The molecule has 9 rings (SSSR count). The Hall–Kier alpha value is -2.72. The van der Waals surface area contributed by atoms with Gasteiger partial charge >= 0.3 is 0 Å². The van der Waals surface area contributed by atoms with Crippen molar-refractivity contribution in [3.8, 4) is 22.3 Å². The third-order valence-corrected chi connectivity index (χ3v) is 11.4. The number of rotatable bonds is 2. The first kappa shape index (κ1) is 37.5. The molecule has 2 atom stereocenters. The van der Waals surface area contributed by atoms with Crippen LogP contribution < -0.4 is 0 Å². The average Bonchev–Trinajstić information content (AvgIpc) is 3.86. The molecule has 3 aliphatic rings. The van der Waals surface area contributed by atoms with Crippen molar-refractivity contribution in [1.29, 1.82) is 0 Å². The van der Waals surface area contributed by atoms with Crippen LogP contribution in [0.4, 0.5) is 0 Å². The number of benzene rings is 6. The van der Waals surface area contributed by atoms with E-state index in [0.717, 1.165) is 0 Å². The van der Waals surface area contributed by atoms with Crippen LogP contribution in [-0.2, 0) is 51.7 Å². The van der Waals surface area contributed by atoms with E-state index in [1.807, 2.05) is 0 Å². The van der Waals surface area contributed by atoms with Crippen molar-refractivity contribution in [2.24, 2.45) is 0 Å². The second-order valence-electron chi connectivity index (χ2n) is 13.0. The van der Waals surface area contributed by atoms with Crippen LogP contribution in [0.25, 0.3) is 56.0 Å². The first-order valence-electron chi connectivity index (χ1n) is 17.0. The van der Waals surface area contributed by atoms with Crippen molar-refractivity contribution in [3.63, 3.8) is 0 Å². The fraction of sp³-hybridized carbons (Fsp3) is 0.174. The van der Waals surface area contributed by atoms with Crippen LogP contribution in [0.2, 0.25) is 12.1 Å². The summed E-state index contributed by atoms with van der Waals surface area (Å²) in [4.78, 5) is 0. The first-order valence-corrected chi connectivity index (χ1v) is 18.4. The summed E-state index contributed by atoms with van der Waals surface area (Å²) in [6, 6.07) is 46.5. The summed E-state index contributed by atoms with van der Waals surface area (Å²) in [5.41, 5.74) is 13.3. The maximum atomic E-state index is 4.29. The molecule has 1 heterocycles. The summed E-state index contributed by atoms with van der Waals surface area (Å²) in [6.45, 7) is 12.9. The normalized spacial score (nSPS) is 16.9. The fourth-order valence-electron chi connectivity index (χ4n) is 7.26. The Morgan fingerprint density at radius 3 is 1.24 bits per heavy atom. The van der Waals surface area contributed by atoms with Crippen molar-refractivity contribution in [3.05, 3.63) is 169 Å². The SMILES string of the molecule is C1CC[Si]C1.[CH2-]C1C(C)=Cc2c(-c3cccc4ccccc34)cccc21.[CH2-]C1C(C)=Cc2c(-c3cccc4ccccc34)cccc21.[Sc].[Sc]. The van der Waals surface area contributed by atoms with Gasteiger partial charge in [-0.2, -0.15) is 0 Å². The van der Waals surface area contributed by atoms with Crippen LogP contribution in [0.5, 0.6) is 0 Å². The van der Waals surface area contributed by atoms with E-state index in [2.05, 4.69) is 161 Å². The molecule has 238 valence electrons. The maximum Gasteiger partial charge on any atom is 0.0377 e. The van der Waals surface area contributed by atoms with Gasteiger partial charge in [0, 0.05) is 61.2 Å². The standard InChI is InChI=1S/2C21H17.C4H8Si.2Sc/c2*1-14-13-21-17(15(14)2)10-6-12-20(21)19-11-5-8-16-7-3-4-9-18(16)19;1-2-4-5-3-1;;/h2*3-13,15H,2H2,1H3;1-4H2;;/q2*-1;;;. The van der Waals surface area contributed by atoms with Crippen LogP contribution in [0.3, 0.4) is 0 Å². The molecule has 6 aromatic carbocycles. The van der Waals surface area contributed by atoms with E-state index in [1.165, 1.54) is 112 Å². The smallest absolute Gasteiger partial charge is 0.0377 e. The van der Waals surface area contributed by atoms with Crippen LogP contribution >= 0.6 is 0 Å². The van der Waals surface area contributed by atoms with Crippen LogP contribution in [0, 0.1) is 13.8 Å². The fourth-order valence-corrected chi connectivity index (χ4v) is 8.51. The van der Waals surface area contributed by atoms with E-state index < -0.39 is 0 Å². The summed E-state index contributed by atoms with van der Waals surface area (Å²) in [7, 11) is 1.31. The maximum absolute atomic E-state index is 4.29. The molecule has 1 saturated heterocycles. The van der Waals surface area contributed by atoms with Crippen molar-refractivity contribution in [1.82, 2.24) is 0 Å². The molecule has 0 bridgehead atoms. The minimum Gasteiger partial charge on any atom is -0.332 e. The average molecular weight is 713 g/mol. The molecule has 0 saturated carbocycles. The summed E-state index contributed by atoms with van der Waals surface area (Å²) < 4.78 is 0. The van der Waals surface area contributed by atoms with Crippen molar-refractivity contribution < 1.29 is 51.7 Å². The third kappa shape index (κ3) is 7.80. The van der Waals surface area contributed by atoms with Crippen molar-refractivity contribution in [2.45, 2.75) is 50.6 Å². The molecule has 49 heavy (non-hydrogen) atoms. The Morgan fingerprint density at radius 1 is 0.469 bits per heavy atom. The molecule has 0 spiro atoms. The van der Waals surface area contributed by atoms with Gasteiger partial charge in [-0.25, -0.2) is 0 Å². The predicted molar refractivity (Wildman–Crippen MR) is 207 cm³/mol. The number of hydrogen-bond acceptors (Lipinski definition) is 0. The van der Waals surface area contributed by atoms with Crippen molar-refractivity contribution in [2.75, 3.05) is 0 Å². The minimum absolute atomic E-state index is 0. The van der Waals surface area contributed by atoms with Gasteiger partial charge in [-0.3, -0.25) is 0 Å². The number of allylic oxidation sites excluding steroid dienone is 2. The molecule has 3 heteroatoms. The molecule has 0 N–H and O–H groups in total. The van der Waals surface area contributed by atoms with Crippen molar-refractivity contribution >= 4 is 43.2 Å². The van der Waals surface area contributed by atoms with Crippen LogP contribution in [0.15, 0.2) is 132 Å². The molecular weight excluding hydrogens is 671 g/mol. The summed E-state index contributed by atoms with van der Waals surface area (Å²) in [5, 5.41) is 5.20. The summed E-state index contributed by atoms with van der Waals surface area (Å²) in [5.74, 6) is 0.574. The van der Waals surface area contributed by atoms with E-state index in [4.69, 9.17) is 0 Å². The molecule has 2 unspecified atom stereocenters. The molecule has 0 aromatic heterocycles. The molecule has 0 nitrogen and oxygen atoms in total. The Morgan fingerprint density at radius 2 is 0.837 bits per heavy atom. The Bertz CT molecular complexity index is 1970. The molecule has 4 radical (unpaired) electrons. The molecule has 1 aliphatic heterocycles. The zero-order chi connectivity index (χ0) is 32.3. The van der Waals surface area contributed by atoms with E-state index >= 15 is 0 Å². The molecule has 1 fully saturated rings. The van der Waals surface area contributed by atoms with Gasteiger partial charge in [0.2, 0.25) is 0 Å². The van der Waals surface area contributed by atoms with E-state index in [0.29, 0.717) is 0 Å². The van der Waals surface area contributed by atoms with Gasteiger partial charge in [-0.15, -0.1) is 11.8 Å². The zero-order valence-electron chi connectivity index (χ0n) is 28.8. The molecule has 2 aliphatic carbocycles. The Kier molecular flexibility index (Phi) is 13.0. The van der Waals surface area contributed by atoms with E-state index in [1.54, 1.807) is 0 Å². The Balaban J connectivity index is 0.000000161. The van der Waals surface area contributed by atoms with Gasteiger partial charge in [0.05, 0.1) is 0 Å². The summed E-state index contributed by atoms with van der Waals surface area (Å²) >= 11 is 0. The second kappa shape index (κ2) is 17.0. The monoisotopic (exact) mass is 712 g/mol. The van der Waals surface area contributed by atoms with Gasteiger partial charge in [-0.1, -0.05) is 181 Å². The second-order valence-corrected chi connectivity index (χ2v) is 14.5. The number of fused-ring (bicyclic) bond motifs is 4. The van der Waals surface area contributed by atoms with Crippen LogP contribution in [-0.4, -0.2) is 9.52 Å². The predicted octanol–water partition coefficient (Wildman–Crippen LogP) is 13.0.